The van der Waals surface area contributed by atoms with Gasteiger partial charge in [-0.1, -0.05) is 17.7 Å². The van der Waals surface area contributed by atoms with E-state index in [1.807, 2.05) is 6.07 Å². The first-order valence-electron chi connectivity index (χ1n) is 4.54. The number of fused-ring (bicyclic) bond motifs is 1. The van der Waals surface area contributed by atoms with Gasteiger partial charge in [0.2, 0.25) is 0 Å². The molecular weight excluding hydrogens is 218 g/mol. The fourth-order valence-electron chi connectivity index (χ4n) is 1.60. The molecule has 3 N–H and O–H groups in total. The summed E-state index contributed by atoms with van der Waals surface area (Å²) < 4.78 is 0. The number of thioether (sulfide) groups is 1. The van der Waals surface area contributed by atoms with E-state index >= 15 is 0 Å². The molecule has 1 unspecified atom stereocenters. The van der Waals surface area contributed by atoms with Crippen LogP contribution < -0.4 is 5.73 Å². The summed E-state index contributed by atoms with van der Waals surface area (Å²) in [7, 11) is 0. The highest BCUT2D eigenvalue weighted by Crippen LogP contribution is 2.38. The summed E-state index contributed by atoms with van der Waals surface area (Å²) in [4.78, 5) is 1.18. The van der Waals surface area contributed by atoms with E-state index in [4.69, 9.17) is 22.4 Å². The van der Waals surface area contributed by atoms with Gasteiger partial charge in [0.15, 0.2) is 0 Å². The fourth-order valence-corrected chi connectivity index (χ4v) is 3.08. The molecule has 1 heterocycles. The Bertz CT molecular complexity index is 356. The van der Waals surface area contributed by atoms with Crippen LogP contribution in [-0.2, 0) is 6.42 Å². The average molecular weight is 230 g/mol. The predicted molar refractivity (Wildman–Crippen MR) is 59.9 cm³/mol. The monoisotopic (exact) mass is 229 g/mol. The van der Waals surface area contributed by atoms with E-state index in [-0.39, 0.29) is 12.6 Å². The summed E-state index contributed by atoms with van der Waals surface area (Å²) in [6.07, 6.45) is 1.05. The molecule has 0 saturated heterocycles. The maximum Gasteiger partial charge on any atom is 0.0624 e. The van der Waals surface area contributed by atoms with E-state index in [1.165, 1.54) is 10.5 Å². The standard InChI is InChI=1S/C10H12ClNOS/c11-8-4-7(9(12)5-13)3-6-1-2-14-10(6)8/h3-4,9,13H,1-2,5,12H2. The summed E-state index contributed by atoms with van der Waals surface area (Å²) in [5.41, 5.74) is 7.94. The number of benzene rings is 1. The van der Waals surface area contributed by atoms with E-state index in [0.29, 0.717) is 0 Å². The number of hydrogen-bond acceptors (Lipinski definition) is 3. The zero-order chi connectivity index (χ0) is 10.1. The summed E-state index contributed by atoms with van der Waals surface area (Å²) in [5, 5.41) is 9.72. The molecule has 0 spiro atoms. The molecule has 14 heavy (non-hydrogen) atoms. The van der Waals surface area contributed by atoms with Gasteiger partial charge in [-0.05, 0) is 23.6 Å². The van der Waals surface area contributed by atoms with Gasteiger partial charge in [-0.3, -0.25) is 0 Å². The molecule has 0 aromatic heterocycles. The summed E-state index contributed by atoms with van der Waals surface area (Å²) >= 11 is 7.91. The van der Waals surface area contributed by atoms with Crippen LogP contribution >= 0.6 is 23.4 Å². The van der Waals surface area contributed by atoms with Gasteiger partial charge in [0.05, 0.1) is 17.7 Å². The lowest BCUT2D eigenvalue weighted by Gasteiger charge is -2.11. The van der Waals surface area contributed by atoms with E-state index in [1.54, 1.807) is 11.8 Å². The van der Waals surface area contributed by atoms with Crippen molar-refractivity contribution in [3.8, 4) is 0 Å². The molecule has 0 amide bonds. The molecular formula is C10H12ClNOS. The molecule has 1 aliphatic heterocycles. The second-order valence-corrected chi connectivity index (χ2v) is 4.89. The first-order valence-corrected chi connectivity index (χ1v) is 5.90. The normalized spacial score (nSPS) is 16.8. The number of halogens is 1. The number of aryl methyl sites for hydroxylation is 1. The van der Waals surface area contributed by atoms with Gasteiger partial charge in [-0.25, -0.2) is 0 Å². The molecule has 1 aromatic rings. The third-order valence-electron chi connectivity index (χ3n) is 2.39. The quantitative estimate of drug-likeness (QED) is 0.815. The minimum Gasteiger partial charge on any atom is -0.394 e. The maximum atomic E-state index is 8.95. The highest BCUT2D eigenvalue weighted by atomic mass is 35.5. The summed E-state index contributed by atoms with van der Waals surface area (Å²) in [6.45, 7) is -0.0394. The second kappa shape index (κ2) is 4.11. The van der Waals surface area contributed by atoms with Gasteiger partial charge in [0.25, 0.3) is 0 Å². The maximum absolute atomic E-state index is 8.95. The summed E-state index contributed by atoms with van der Waals surface area (Å²) in [6, 6.07) is 3.60. The van der Waals surface area contributed by atoms with Crippen LogP contribution in [-0.4, -0.2) is 17.5 Å². The third kappa shape index (κ3) is 1.77. The largest absolute Gasteiger partial charge is 0.394 e. The van der Waals surface area contributed by atoms with Crippen molar-refractivity contribution in [3.63, 3.8) is 0 Å². The van der Waals surface area contributed by atoms with Crippen LogP contribution in [0.2, 0.25) is 5.02 Å². The van der Waals surface area contributed by atoms with E-state index in [2.05, 4.69) is 6.07 Å². The minimum atomic E-state index is -0.316. The highest BCUT2D eigenvalue weighted by Gasteiger charge is 2.17. The molecule has 0 fully saturated rings. The SMILES string of the molecule is NC(CO)c1cc(Cl)c2c(c1)CCS2. The van der Waals surface area contributed by atoms with Crippen molar-refractivity contribution in [3.05, 3.63) is 28.3 Å². The van der Waals surface area contributed by atoms with Gasteiger partial charge in [0, 0.05) is 10.6 Å². The van der Waals surface area contributed by atoms with E-state index < -0.39 is 0 Å². The van der Waals surface area contributed by atoms with Crippen molar-refractivity contribution in [2.24, 2.45) is 5.73 Å². The first-order chi connectivity index (χ1) is 6.72. The van der Waals surface area contributed by atoms with Crippen molar-refractivity contribution < 1.29 is 5.11 Å². The Labute approximate surface area is 92.4 Å². The van der Waals surface area contributed by atoms with Gasteiger partial charge in [0.1, 0.15) is 0 Å². The topological polar surface area (TPSA) is 46.2 Å². The smallest absolute Gasteiger partial charge is 0.0624 e. The van der Waals surface area contributed by atoms with Crippen LogP contribution in [0, 0.1) is 0 Å². The summed E-state index contributed by atoms with van der Waals surface area (Å²) in [5.74, 6) is 1.09. The van der Waals surface area contributed by atoms with Crippen molar-refractivity contribution in [1.29, 1.82) is 0 Å². The fraction of sp³-hybridized carbons (Fsp3) is 0.400. The third-order valence-corrected chi connectivity index (χ3v) is 3.97. The van der Waals surface area contributed by atoms with Crippen molar-refractivity contribution in [1.82, 2.24) is 0 Å². The van der Waals surface area contributed by atoms with E-state index in [0.717, 1.165) is 22.8 Å². The Morgan fingerprint density at radius 2 is 2.36 bits per heavy atom. The van der Waals surface area contributed by atoms with Gasteiger partial charge in [-0.2, -0.15) is 0 Å². The van der Waals surface area contributed by atoms with E-state index in [9.17, 15) is 0 Å². The Morgan fingerprint density at radius 3 is 3.07 bits per heavy atom. The van der Waals surface area contributed by atoms with Gasteiger partial charge < -0.3 is 10.8 Å². The molecule has 0 aliphatic carbocycles. The number of aliphatic hydroxyl groups is 1. The van der Waals surface area contributed by atoms with Crippen LogP contribution in [0.25, 0.3) is 0 Å². The molecule has 1 atom stereocenters. The number of nitrogens with two attached hydrogens (primary N) is 1. The lowest BCUT2D eigenvalue weighted by molar-refractivity contribution is 0.268. The molecule has 0 saturated carbocycles. The molecule has 1 aromatic carbocycles. The molecule has 2 nitrogen and oxygen atoms in total. The molecule has 2 rings (SSSR count). The Balaban J connectivity index is 2.41. The van der Waals surface area contributed by atoms with Crippen LogP contribution in [0.15, 0.2) is 17.0 Å². The Kier molecular flexibility index (Phi) is 3.02. The predicted octanol–water partition coefficient (Wildman–Crippen LogP) is 1.98. The molecule has 0 bridgehead atoms. The minimum absolute atomic E-state index is 0.0394. The zero-order valence-corrected chi connectivity index (χ0v) is 9.24. The first kappa shape index (κ1) is 10.3. The number of aliphatic hydroxyl groups excluding tert-OH is 1. The van der Waals surface area contributed by atoms with Crippen molar-refractivity contribution in [2.75, 3.05) is 12.4 Å². The van der Waals surface area contributed by atoms with Crippen molar-refractivity contribution in [2.45, 2.75) is 17.4 Å². The Morgan fingerprint density at radius 1 is 1.57 bits per heavy atom. The lowest BCUT2D eigenvalue weighted by Crippen LogP contribution is -2.14. The van der Waals surface area contributed by atoms with Crippen LogP contribution in [0.4, 0.5) is 0 Å². The van der Waals surface area contributed by atoms with Gasteiger partial charge in [-0.15, -0.1) is 11.8 Å². The number of hydrogen-bond donors (Lipinski definition) is 2. The zero-order valence-electron chi connectivity index (χ0n) is 7.66. The van der Waals surface area contributed by atoms with Gasteiger partial charge >= 0.3 is 0 Å². The average Bonchev–Trinajstić information content (AvgIpc) is 2.64. The van der Waals surface area contributed by atoms with Crippen LogP contribution in [0.3, 0.4) is 0 Å². The van der Waals surface area contributed by atoms with Crippen molar-refractivity contribution >= 4 is 23.4 Å². The molecule has 1 aliphatic rings. The molecule has 4 heteroatoms. The van der Waals surface area contributed by atoms with Crippen LogP contribution in [0.1, 0.15) is 17.2 Å². The molecule has 76 valence electrons. The second-order valence-electron chi connectivity index (χ2n) is 3.38. The number of rotatable bonds is 2. The van der Waals surface area contributed by atoms with Crippen LogP contribution in [0.5, 0.6) is 0 Å². The Hall–Kier alpha value is -0.220. The molecule has 0 radical (unpaired) electrons. The lowest BCUT2D eigenvalue weighted by atomic mass is 10.0. The highest BCUT2D eigenvalue weighted by molar-refractivity contribution is 7.99.